The van der Waals surface area contributed by atoms with Crippen LogP contribution >= 0.6 is 0 Å². The molecule has 0 aliphatic rings. The fraction of sp³-hybridized carbons (Fsp3) is 0.250. The second kappa shape index (κ2) is 5.14. The normalized spacial score (nSPS) is 8.14. The fourth-order valence-electron chi connectivity index (χ4n) is 0.143. The van der Waals surface area contributed by atoms with Crippen molar-refractivity contribution >= 4 is 5.97 Å². The minimum absolute atomic E-state index is 0. The number of carbonyl (C=O) groups is 1. The molecule has 3 heteroatoms. The smallest absolute Gasteiger partial charge is 0.327 e. The van der Waals surface area contributed by atoms with Gasteiger partial charge in [0.25, 0.3) is 0 Å². The van der Waals surface area contributed by atoms with Crippen molar-refractivity contribution in [3.63, 3.8) is 0 Å². The van der Waals surface area contributed by atoms with Crippen LogP contribution in [0.1, 0.15) is 6.92 Å². The molecule has 0 amide bonds. The molecule has 0 heterocycles. The van der Waals surface area contributed by atoms with E-state index in [1.54, 1.807) is 6.92 Å². The van der Waals surface area contributed by atoms with Gasteiger partial charge in [0, 0.05) is 6.08 Å². The van der Waals surface area contributed by atoms with Crippen LogP contribution in [0.4, 0.5) is 4.70 Å². The van der Waals surface area contributed by atoms with Gasteiger partial charge in [0.2, 0.25) is 0 Å². The predicted octanol–water partition coefficient (Wildman–Crippen LogP) is 0.800. The molecule has 0 aromatic rings. The molecule has 0 aliphatic carbocycles. The van der Waals surface area contributed by atoms with Crippen LogP contribution in [-0.4, -0.2) is 11.1 Å². The summed E-state index contributed by atoms with van der Waals surface area (Å²) in [5, 5.41) is 7.83. The van der Waals surface area contributed by atoms with Crippen molar-refractivity contribution in [3.8, 4) is 0 Å². The molecule has 0 spiro atoms. The Balaban J connectivity index is 0. The van der Waals surface area contributed by atoms with Gasteiger partial charge in [-0.1, -0.05) is 6.08 Å². The van der Waals surface area contributed by atoms with E-state index in [-0.39, 0.29) is 4.70 Å². The minimum Gasteiger partial charge on any atom is -0.478 e. The lowest BCUT2D eigenvalue weighted by atomic mass is 10.5. The molecule has 0 rings (SSSR count). The number of hydrogen-bond donors (Lipinski definition) is 1. The van der Waals surface area contributed by atoms with Crippen LogP contribution in [0, 0.1) is 0 Å². The minimum atomic E-state index is -0.891. The lowest BCUT2D eigenvalue weighted by molar-refractivity contribution is -0.131. The lowest BCUT2D eigenvalue weighted by Gasteiger charge is -1.68. The van der Waals surface area contributed by atoms with Crippen LogP contribution < -0.4 is 0 Å². The Hall–Kier alpha value is -0.860. The third kappa shape index (κ3) is 11.1. The van der Waals surface area contributed by atoms with E-state index in [0.29, 0.717) is 0 Å². The largest absolute Gasteiger partial charge is 0.478 e. The molecule has 1 N–H and O–H groups in total. The van der Waals surface area contributed by atoms with Gasteiger partial charge in [0.05, 0.1) is 0 Å². The highest BCUT2D eigenvalue weighted by molar-refractivity contribution is 5.79. The standard InChI is InChI=1S/C4H6O2.FH/c1-2-3-4(5)6;/h2-3H,1H3,(H,5,6);1H. The summed E-state index contributed by atoms with van der Waals surface area (Å²) in [6.45, 7) is 1.66. The van der Waals surface area contributed by atoms with E-state index in [2.05, 4.69) is 0 Å². The molecule has 0 aliphatic heterocycles. The molecule has 0 atom stereocenters. The summed E-state index contributed by atoms with van der Waals surface area (Å²) in [5.74, 6) is -0.891. The van der Waals surface area contributed by atoms with E-state index in [1.165, 1.54) is 6.08 Å². The summed E-state index contributed by atoms with van der Waals surface area (Å²) < 4.78 is 0. The quantitative estimate of drug-likeness (QED) is 0.502. The zero-order valence-electron chi connectivity index (χ0n) is 3.92. The maximum atomic E-state index is 9.51. The van der Waals surface area contributed by atoms with Gasteiger partial charge in [0.1, 0.15) is 0 Å². The summed E-state index contributed by atoms with van der Waals surface area (Å²) >= 11 is 0. The van der Waals surface area contributed by atoms with Crippen molar-refractivity contribution in [1.82, 2.24) is 0 Å². The average Bonchev–Trinajstić information content (AvgIpc) is 1.35. The molecule has 0 saturated carbocycles. The molecule has 7 heavy (non-hydrogen) atoms. The number of rotatable bonds is 1. The number of allylic oxidation sites excluding steroid dienone is 1. The van der Waals surface area contributed by atoms with Gasteiger partial charge in [-0.2, -0.15) is 0 Å². The van der Waals surface area contributed by atoms with Crippen LogP contribution in [0.5, 0.6) is 0 Å². The molecule has 0 aromatic carbocycles. The third-order valence-corrected chi connectivity index (χ3v) is 0.309. The van der Waals surface area contributed by atoms with Crippen molar-refractivity contribution in [1.29, 1.82) is 0 Å². The van der Waals surface area contributed by atoms with Crippen molar-refractivity contribution in [2.45, 2.75) is 6.92 Å². The predicted molar refractivity (Wildman–Crippen MR) is 25.0 cm³/mol. The Morgan fingerprint density at radius 2 is 2.14 bits per heavy atom. The van der Waals surface area contributed by atoms with Gasteiger partial charge in [-0.05, 0) is 6.92 Å². The summed E-state index contributed by atoms with van der Waals surface area (Å²) in [7, 11) is 0. The van der Waals surface area contributed by atoms with Gasteiger partial charge in [-0.3, -0.25) is 4.70 Å². The molecule has 0 bridgehead atoms. The number of halogens is 1. The number of hydrogen-bond acceptors (Lipinski definition) is 1. The van der Waals surface area contributed by atoms with Crippen molar-refractivity contribution in [2.75, 3.05) is 0 Å². The zero-order valence-corrected chi connectivity index (χ0v) is 3.92. The maximum Gasteiger partial charge on any atom is 0.327 e. The average molecular weight is 106 g/mol. The van der Waals surface area contributed by atoms with Crippen LogP contribution in [0.15, 0.2) is 12.2 Å². The van der Waals surface area contributed by atoms with Crippen molar-refractivity contribution in [2.24, 2.45) is 0 Å². The molecule has 0 saturated heterocycles. The van der Waals surface area contributed by atoms with E-state index in [9.17, 15) is 4.79 Å². The molecule has 0 fully saturated rings. The van der Waals surface area contributed by atoms with E-state index in [0.717, 1.165) is 6.08 Å². The molecule has 0 aromatic heterocycles. The first kappa shape index (κ1) is 9.46. The first-order chi connectivity index (χ1) is 2.77. The first-order valence-corrected chi connectivity index (χ1v) is 1.63. The SMILES string of the molecule is CC=CC(=O)O.F. The molecule has 0 radical (unpaired) electrons. The highest BCUT2D eigenvalue weighted by atomic mass is 19.0. The van der Waals surface area contributed by atoms with Gasteiger partial charge >= 0.3 is 5.97 Å². The summed E-state index contributed by atoms with van der Waals surface area (Å²) in [6.07, 6.45) is 2.56. The van der Waals surface area contributed by atoms with Crippen LogP contribution in [0.3, 0.4) is 0 Å². The van der Waals surface area contributed by atoms with Crippen LogP contribution in [-0.2, 0) is 4.79 Å². The van der Waals surface area contributed by atoms with Crippen LogP contribution in [0.25, 0.3) is 0 Å². The zero-order chi connectivity index (χ0) is 4.99. The third-order valence-electron chi connectivity index (χ3n) is 0.309. The van der Waals surface area contributed by atoms with E-state index >= 15 is 0 Å². The van der Waals surface area contributed by atoms with Gasteiger partial charge in [-0.25, -0.2) is 4.79 Å². The lowest BCUT2D eigenvalue weighted by Crippen LogP contribution is -1.83. The van der Waals surface area contributed by atoms with Crippen molar-refractivity contribution < 1.29 is 14.6 Å². The molecular weight excluding hydrogens is 99.0 g/mol. The molecule has 2 nitrogen and oxygen atoms in total. The second-order valence-electron chi connectivity index (χ2n) is 0.838. The Kier molecular flexibility index (Phi) is 6.95. The van der Waals surface area contributed by atoms with E-state index < -0.39 is 5.97 Å². The Bertz CT molecular complexity index is 77.8. The van der Waals surface area contributed by atoms with E-state index in [1.807, 2.05) is 0 Å². The van der Waals surface area contributed by atoms with Gasteiger partial charge in [0.15, 0.2) is 0 Å². The Labute approximate surface area is 40.8 Å². The number of aliphatic carboxylic acids is 1. The molecule has 0 unspecified atom stereocenters. The summed E-state index contributed by atoms with van der Waals surface area (Å²) in [5.41, 5.74) is 0. The summed E-state index contributed by atoms with van der Waals surface area (Å²) in [6, 6.07) is 0. The highest BCUT2D eigenvalue weighted by Crippen LogP contribution is 1.65. The topological polar surface area (TPSA) is 37.3 Å². The second-order valence-corrected chi connectivity index (χ2v) is 0.838. The Morgan fingerprint density at radius 3 is 2.14 bits per heavy atom. The monoisotopic (exact) mass is 106 g/mol. The number of carboxylic acid groups (broad SMARTS) is 1. The number of carboxylic acids is 1. The Morgan fingerprint density at radius 1 is 1.71 bits per heavy atom. The van der Waals surface area contributed by atoms with Gasteiger partial charge < -0.3 is 5.11 Å². The first-order valence-electron chi connectivity index (χ1n) is 1.63. The summed E-state index contributed by atoms with van der Waals surface area (Å²) in [4.78, 5) is 9.51. The molecule has 42 valence electrons. The maximum absolute atomic E-state index is 9.51. The van der Waals surface area contributed by atoms with E-state index in [4.69, 9.17) is 5.11 Å². The highest BCUT2D eigenvalue weighted by Gasteiger charge is 1.76. The van der Waals surface area contributed by atoms with Crippen molar-refractivity contribution in [3.05, 3.63) is 12.2 Å². The van der Waals surface area contributed by atoms with Gasteiger partial charge in [-0.15, -0.1) is 0 Å². The fourth-order valence-corrected chi connectivity index (χ4v) is 0.143. The molecular formula is C4H7FO2. The van der Waals surface area contributed by atoms with Crippen LogP contribution in [0.2, 0.25) is 0 Å².